The highest BCUT2D eigenvalue weighted by molar-refractivity contribution is 5.44. The average Bonchev–Trinajstić information content (AvgIpc) is 2.50. The molecule has 20 heavy (non-hydrogen) atoms. The molecule has 1 aromatic rings. The smallest absolute Gasteiger partial charge is 0.169 e. The third kappa shape index (κ3) is 8.14. The van der Waals surface area contributed by atoms with Crippen LogP contribution < -0.4 is 4.57 Å². The van der Waals surface area contributed by atoms with Gasteiger partial charge >= 0.3 is 0 Å². The molecule has 1 rings (SSSR count). The van der Waals surface area contributed by atoms with E-state index < -0.39 is 0 Å². The average molecular weight is 274 g/mol. The summed E-state index contributed by atoms with van der Waals surface area (Å²) in [6.07, 6.45) is 20.2. The van der Waals surface area contributed by atoms with Crippen molar-refractivity contribution < 1.29 is 4.57 Å². The van der Waals surface area contributed by atoms with Crippen LogP contribution in [0.2, 0.25) is 0 Å². The molecule has 0 saturated carbocycles. The van der Waals surface area contributed by atoms with Gasteiger partial charge in [0.1, 0.15) is 6.54 Å². The molecule has 0 unspecified atom stereocenters. The van der Waals surface area contributed by atoms with Gasteiger partial charge in [0.15, 0.2) is 12.4 Å². The first-order valence-corrected chi connectivity index (χ1v) is 8.48. The van der Waals surface area contributed by atoms with Crippen LogP contribution in [-0.2, 0) is 6.54 Å². The molecule has 1 nitrogen and oxygen atoms in total. The summed E-state index contributed by atoms with van der Waals surface area (Å²) >= 11 is 0. The van der Waals surface area contributed by atoms with Gasteiger partial charge in [0.2, 0.25) is 0 Å². The van der Waals surface area contributed by atoms with E-state index in [4.69, 9.17) is 0 Å². The second kappa shape index (κ2) is 11.7. The predicted molar refractivity (Wildman–Crippen MR) is 88.6 cm³/mol. The maximum Gasteiger partial charge on any atom is 0.169 e. The first kappa shape index (κ1) is 16.9. The quantitative estimate of drug-likeness (QED) is 0.348. The van der Waals surface area contributed by atoms with Crippen molar-refractivity contribution in [2.75, 3.05) is 0 Å². The lowest BCUT2D eigenvalue weighted by Gasteiger charge is -2.01. The number of pyridine rings is 1. The normalized spacial score (nSPS) is 10.7. The van der Waals surface area contributed by atoms with Gasteiger partial charge in [0.05, 0.1) is 0 Å². The largest absolute Gasteiger partial charge is 0.205 e. The lowest BCUT2D eigenvalue weighted by molar-refractivity contribution is -0.697. The molecule has 0 N–H and O–H groups in total. The summed E-state index contributed by atoms with van der Waals surface area (Å²) in [6.45, 7) is 7.21. The minimum absolute atomic E-state index is 1.15. The SMILES string of the molecule is C=Cc1cc[n+](CCCCCCCCCCCC)cc1. The van der Waals surface area contributed by atoms with E-state index in [0.29, 0.717) is 0 Å². The molecule has 0 bridgehead atoms. The number of nitrogens with zero attached hydrogens (tertiary/aromatic N) is 1. The molecule has 0 spiro atoms. The first-order chi connectivity index (χ1) is 9.86. The maximum absolute atomic E-state index is 3.78. The van der Waals surface area contributed by atoms with Crippen molar-refractivity contribution in [3.8, 4) is 0 Å². The van der Waals surface area contributed by atoms with Gasteiger partial charge in [-0.3, -0.25) is 0 Å². The predicted octanol–water partition coefficient (Wildman–Crippen LogP) is 5.54. The van der Waals surface area contributed by atoms with Gasteiger partial charge in [-0.25, -0.2) is 4.57 Å². The summed E-state index contributed by atoms with van der Waals surface area (Å²) in [5.74, 6) is 0. The van der Waals surface area contributed by atoms with E-state index in [9.17, 15) is 0 Å². The van der Waals surface area contributed by atoms with E-state index in [1.165, 1.54) is 69.8 Å². The van der Waals surface area contributed by atoms with E-state index in [2.05, 4.69) is 42.6 Å². The molecule has 0 aromatic carbocycles. The number of rotatable bonds is 12. The Morgan fingerprint density at radius 3 is 1.85 bits per heavy atom. The summed E-state index contributed by atoms with van der Waals surface area (Å²) in [7, 11) is 0. The Kier molecular flexibility index (Phi) is 9.91. The number of aryl methyl sites for hydroxylation is 1. The molecule has 0 saturated heterocycles. The molecule has 1 heterocycles. The van der Waals surface area contributed by atoms with E-state index >= 15 is 0 Å². The molecule has 0 radical (unpaired) electrons. The Bertz CT molecular complexity index is 339. The maximum atomic E-state index is 3.78. The van der Waals surface area contributed by atoms with E-state index in [-0.39, 0.29) is 0 Å². The van der Waals surface area contributed by atoms with Gasteiger partial charge in [0.25, 0.3) is 0 Å². The van der Waals surface area contributed by atoms with Gasteiger partial charge in [-0.2, -0.15) is 0 Å². The molecule has 0 amide bonds. The van der Waals surface area contributed by atoms with Gasteiger partial charge < -0.3 is 0 Å². The summed E-state index contributed by atoms with van der Waals surface area (Å²) in [6, 6.07) is 4.26. The Morgan fingerprint density at radius 1 is 0.850 bits per heavy atom. The molecular weight excluding hydrogens is 242 g/mol. The highest BCUT2D eigenvalue weighted by Gasteiger charge is 1.99. The summed E-state index contributed by atoms with van der Waals surface area (Å²) in [5, 5.41) is 0. The Balaban J connectivity index is 1.92. The Morgan fingerprint density at radius 2 is 1.35 bits per heavy atom. The van der Waals surface area contributed by atoms with Crippen LogP contribution >= 0.6 is 0 Å². The van der Waals surface area contributed by atoms with Crippen molar-refractivity contribution in [1.29, 1.82) is 0 Å². The van der Waals surface area contributed by atoms with Crippen molar-refractivity contribution in [2.24, 2.45) is 0 Å². The first-order valence-electron chi connectivity index (χ1n) is 8.48. The molecule has 0 atom stereocenters. The molecule has 0 aliphatic rings. The van der Waals surface area contributed by atoms with Crippen LogP contribution in [0, 0.1) is 0 Å². The third-order valence-corrected chi connectivity index (χ3v) is 3.92. The minimum atomic E-state index is 1.15. The van der Waals surface area contributed by atoms with E-state index in [1.54, 1.807) is 0 Å². The number of aromatic nitrogens is 1. The molecule has 112 valence electrons. The number of hydrogen-bond acceptors (Lipinski definition) is 0. The highest BCUT2D eigenvalue weighted by atomic mass is 14.9. The molecular formula is C19H32N+. The highest BCUT2D eigenvalue weighted by Crippen LogP contribution is 2.10. The summed E-state index contributed by atoms with van der Waals surface area (Å²) < 4.78 is 2.28. The number of hydrogen-bond donors (Lipinski definition) is 0. The third-order valence-electron chi connectivity index (χ3n) is 3.92. The Hall–Kier alpha value is -1.11. The van der Waals surface area contributed by atoms with Crippen molar-refractivity contribution in [2.45, 2.75) is 77.7 Å². The lowest BCUT2D eigenvalue weighted by atomic mass is 10.1. The molecule has 1 aromatic heterocycles. The molecule has 0 fully saturated rings. The van der Waals surface area contributed by atoms with Crippen LogP contribution in [0.4, 0.5) is 0 Å². The zero-order chi connectivity index (χ0) is 14.5. The fraction of sp³-hybridized carbons (Fsp3) is 0.632. The monoisotopic (exact) mass is 274 g/mol. The topological polar surface area (TPSA) is 3.88 Å². The van der Waals surface area contributed by atoms with E-state index in [0.717, 1.165) is 6.54 Å². The zero-order valence-corrected chi connectivity index (χ0v) is 13.3. The van der Waals surface area contributed by atoms with Crippen LogP contribution in [0.15, 0.2) is 31.1 Å². The van der Waals surface area contributed by atoms with Crippen molar-refractivity contribution in [1.82, 2.24) is 0 Å². The Labute approximate surface area is 125 Å². The standard InChI is InChI=1S/C19H32N/c1-3-5-6-7-8-9-10-11-12-13-16-20-17-14-19(4-2)15-18-20/h4,14-15,17-18H,2-3,5-13,16H2,1H3/q+1. The van der Waals surface area contributed by atoms with Crippen LogP contribution in [-0.4, -0.2) is 0 Å². The van der Waals surface area contributed by atoms with Crippen LogP contribution in [0.25, 0.3) is 6.08 Å². The zero-order valence-electron chi connectivity index (χ0n) is 13.3. The number of unbranched alkanes of at least 4 members (excludes halogenated alkanes) is 9. The van der Waals surface area contributed by atoms with Gasteiger partial charge in [0, 0.05) is 18.6 Å². The van der Waals surface area contributed by atoms with Crippen LogP contribution in [0.5, 0.6) is 0 Å². The van der Waals surface area contributed by atoms with Gasteiger partial charge in [-0.15, -0.1) is 0 Å². The molecule has 0 aliphatic heterocycles. The van der Waals surface area contributed by atoms with Crippen LogP contribution in [0.1, 0.15) is 76.7 Å². The van der Waals surface area contributed by atoms with Crippen LogP contribution in [0.3, 0.4) is 0 Å². The fourth-order valence-electron chi connectivity index (χ4n) is 2.54. The second-order valence-electron chi connectivity index (χ2n) is 5.76. The molecule has 0 aliphatic carbocycles. The summed E-state index contributed by atoms with van der Waals surface area (Å²) in [4.78, 5) is 0. The van der Waals surface area contributed by atoms with Crippen molar-refractivity contribution in [3.05, 3.63) is 36.7 Å². The minimum Gasteiger partial charge on any atom is -0.205 e. The van der Waals surface area contributed by atoms with Crippen molar-refractivity contribution in [3.63, 3.8) is 0 Å². The van der Waals surface area contributed by atoms with Crippen molar-refractivity contribution >= 4 is 6.08 Å². The second-order valence-corrected chi connectivity index (χ2v) is 5.76. The van der Waals surface area contributed by atoms with Gasteiger partial charge in [-0.1, -0.05) is 70.9 Å². The molecule has 1 heteroatoms. The lowest BCUT2D eigenvalue weighted by Crippen LogP contribution is -2.32. The van der Waals surface area contributed by atoms with E-state index in [1.807, 2.05) is 6.08 Å². The van der Waals surface area contributed by atoms with Gasteiger partial charge in [-0.05, 0) is 12.0 Å². The fourth-order valence-corrected chi connectivity index (χ4v) is 2.54. The summed E-state index contributed by atoms with van der Waals surface area (Å²) in [5.41, 5.74) is 1.20.